The van der Waals surface area contributed by atoms with Crippen molar-refractivity contribution in [1.29, 1.82) is 0 Å². The number of nitrogens with zero attached hydrogens (tertiary/aromatic N) is 4. The Bertz CT molecular complexity index is 910. The van der Waals surface area contributed by atoms with Crippen molar-refractivity contribution in [2.45, 2.75) is 37.6 Å². The summed E-state index contributed by atoms with van der Waals surface area (Å²) in [5.41, 5.74) is 1.73. The molecular weight excluding hydrogens is 328 g/mol. The lowest BCUT2D eigenvalue weighted by atomic mass is 10.1. The van der Waals surface area contributed by atoms with Crippen LogP contribution in [0, 0.1) is 0 Å². The number of carbonyl (C=O) groups is 1. The van der Waals surface area contributed by atoms with Crippen LogP contribution in [0.4, 0.5) is 0 Å². The molecule has 132 valence electrons. The molecule has 26 heavy (non-hydrogen) atoms. The molecule has 1 aliphatic heterocycles. The third-order valence-electron chi connectivity index (χ3n) is 5.22. The molecule has 1 saturated carbocycles. The summed E-state index contributed by atoms with van der Waals surface area (Å²) in [6.07, 6.45) is 8.08. The van der Waals surface area contributed by atoms with E-state index in [1.165, 1.54) is 0 Å². The minimum absolute atomic E-state index is 0.0257. The van der Waals surface area contributed by atoms with E-state index in [4.69, 9.17) is 4.52 Å². The Morgan fingerprint density at radius 1 is 1.08 bits per heavy atom. The van der Waals surface area contributed by atoms with Crippen LogP contribution in [0.25, 0.3) is 5.69 Å². The van der Waals surface area contributed by atoms with Gasteiger partial charge in [0, 0.05) is 36.1 Å². The van der Waals surface area contributed by atoms with Gasteiger partial charge >= 0.3 is 0 Å². The number of aromatic nitrogens is 3. The third kappa shape index (κ3) is 2.71. The molecule has 3 heterocycles. The zero-order chi connectivity index (χ0) is 17.5. The summed E-state index contributed by atoms with van der Waals surface area (Å²) in [5.74, 6) is 1.87. The molecule has 1 saturated heterocycles. The Morgan fingerprint density at radius 3 is 2.58 bits per heavy atom. The van der Waals surface area contributed by atoms with Crippen LogP contribution in [0.15, 0.2) is 53.3 Å². The summed E-state index contributed by atoms with van der Waals surface area (Å²) in [6, 6.07) is 11.6. The van der Waals surface area contributed by atoms with Crippen molar-refractivity contribution in [2.24, 2.45) is 0 Å². The Hall–Kier alpha value is -2.89. The zero-order valence-electron chi connectivity index (χ0n) is 14.4. The van der Waals surface area contributed by atoms with E-state index >= 15 is 0 Å². The van der Waals surface area contributed by atoms with Crippen LogP contribution in [0.3, 0.4) is 0 Å². The maximum absolute atomic E-state index is 13.0. The molecule has 1 atom stereocenters. The van der Waals surface area contributed by atoms with E-state index in [0.29, 0.717) is 17.4 Å². The molecule has 1 unspecified atom stereocenters. The molecule has 6 nitrogen and oxygen atoms in total. The summed E-state index contributed by atoms with van der Waals surface area (Å²) in [5, 5.41) is 4.10. The molecule has 3 aromatic rings. The van der Waals surface area contributed by atoms with Gasteiger partial charge in [-0.3, -0.25) is 4.79 Å². The van der Waals surface area contributed by atoms with Crippen LogP contribution in [-0.2, 0) is 0 Å². The first-order valence-corrected chi connectivity index (χ1v) is 9.17. The second-order valence-electron chi connectivity index (χ2n) is 7.06. The quantitative estimate of drug-likeness (QED) is 0.721. The molecular formula is C20H20N4O2. The molecule has 0 spiro atoms. The Morgan fingerprint density at radius 2 is 1.85 bits per heavy atom. The lowest BCUT2D eigenvalue weighted by Gasteiger charge is -2.22. The molecule has 6 heteroatoms. The number of amides is 1. The molecule has 2 fully saturated rings. The van der Waals surface area contributed by atoms with Crippen LogP contribution >= 0.6 is 0 Å². The highest BCUT2D eigenvalue weighted by atomic mass is 16.5. The molecule has 0 N–H and O–H groups in total. The lowest BCUT2D eigenvalue weighted by Crippen LogP contribution is -2.30. The van der Waals surface area contributed by atoms with Gasteiger partial charge in [-0.1, -0.05) is 5.16 Å². The van der Waals surface area contributed by atoms with E-state index in [1.54, 1.807) is 0 Å². The van der Waals surface area contributed by atoms with Crippen molar-refractivity contribution in [3.8, 4) is 5.69 Å². The highest BCUT2D eigenvalue weighted by Crippen LogP contribution is 2.40. The predicted octanol–water partition coefficient (Wildman–Crippen LogP) is 3.72. The van der Waals surface area contributed by atoms with Crippen LogP contribution in [0.2, 0.25) is 0 Å². The maximum Gasteiger partial charge on any atom is 0.254 e. The third-order valence-corrected chi connectivity index (χ3v) is 5.22. The van der Waals surface area contributed by atoms with E-state index < -0.39 is 0 Å². The van der Waals surface area contributed by atoms with Gasteiger partial charge in [0.05, 0.1) is 0 Å². The largest absolute Gasteiger partial charge is 0.337 e. The SMILES string of the molecule is O=C(c1ccc(-n2cccc2)cc1)N1CCCC1c1nc(C2CC2)no1. The summed E-state index contributed by atoms with van der Waals surface area (Å²) in [4.78, 5) is 19.4. The number of carbonyl (C=O) groups excluding carboxylic acids is 1. The number of likely N-dealkylation sites (tertiary alicyclic amines) is 1. The molecule has 2 aromatic heterocycles. The summed E-state index contributed by atoms with van der Waals surface area (Å²) in [7, 11) is 0. The lowest BCUT2D eigenvalue weighted by molar-refractivity contribution is 0.0710. The summed E-state index contributed by atoms with van der Waals surface area (Å²) < 4.78 is 7.49. The fraction of sp³-hybridized carbons (Fsp3) is 0.350. The van der Waals surface area contributed by atoms with E-state index in [9.17, 15) is 4.79 Å². The molecule has 0 radical (unpaired) electrons. The minimum atomic E-state index is -0.105. The Labute approximate surface area is 151 Å². The van der Waals surface area contributed by atoms with Crippen molar-refractivity contribution < 1.29 is 9.32 Å². The first kappa shape index (κ1) is 15.4. The zero-order valence-corrected chi connectivity index (χ0v) is 14.4. The van der Waals surface area contributed by atoms with Gasteiger partial charge < -0.3 is 14.0 Å². The predicted molar refractivity (Wildman–Crippen MR) is 95.1 cm³/mol. The fourth-order valence-electron chi connectivity index (χ4n) is 3.61. The highest BCUT2D eigenvalue weighted by molar-refractivity contribution is 5.94. The van der Waals surface area contributed by atoms with Crippen LogP contribution < -0.4 is 0 Å². The molecule has 1 aliphatic carbocycles. The average Bonchev–Trinajstić information content (AvgIpc) is 3.14. The smallest absolute Gasteiger partial charge is 0.254 e. The van der Waals surface area contributed by atoms with Gasteiger partial charge in [-0.2, -0.15) is 4.98 Å². The average molecular weight is 348 g/mol. The van der Waals surface area contributed by atoms with Gasteiger partial charge in [0.2, 0.25) is 5.89 Å². The van der Waals surface area contributed by atoms with E-state index in [1.807, 2.05) is 58.3 Å². The summed E-state index contributed by atoms with van der Waals surface area (Å²) in [6.45, 7) is 0.726. The number of benzene rings is 1. The number of hydrogen-bond donors (Lipinski definition) is 0. The fourth-order valence-corrected chi connectivity index (χ4v) is 3.61. The highest BCUT2D eigenvalue weighted by Gasteiger charge is 2.36. The minimum Gasteiger partial charge on any atom is -0.337 e. The Balaban J connectivity index is 1.36. The molecule has 2 aliphatic rings. The van der Waals surface area contributed by atoms with Crippen molar-refractivity contribution >= 4 is 5.91 Å². The standard InChI is InChI=1S/C20H20N4O2/c25-20(15-7-9-16(10-8-15)23-11-1-2-12-23)24-13-3-4-17(24)19-21-18(22-26-19)14-5-6-14/h1-2,7-12,14,17H,3-6,13H2. The second-order valence-corrected chi connectivity index (χ2v) is 7.06. The Kier molecular flexibility index (Phi) is 3.62. The van der Waals surface area contributed by atoms with E-state index in [-0.39, 0.29) is 11.9 Å². The van der Waals surface area contributed by atoms with Crippen molar-refractivity contribution in [2.75, 3.05) is 6.54 Å². The van der Waals surface area contributed by atoms with Gasteiger partial charge in [0.15, 0.2) is 5.82 Å². The van der Waals surface area contributed by atoms with Crippen LogP contribution in [-0.4, -0.2) is 32.1 Å². The van der Waals surface area contributed by atoms with Crippen LogP contribution in [0.1, 0.15) is 59.7 Å². The van der Waals surface area contributed by atoms with Gasteiger partial charge in [-0.05, 0) is 62.1 Å². The number of rotatable bonds is 4. The van der Waals surface area contributed by atoms with Crippen LogP contribution in [0.5, 0.6) is 0 Å². The van der Waals surface area contributed by atoms with Crippen molar-refractivity contribution in [1.82, 2.24) is 19.6 Å². The van der Waals surface area contributed by atoms with Crippen molar-refractivity contribution in [3.63, 3.8) is 0 Å². The topological polar surface area (TPSA) is 64.2 Å². The first-order valence-electron chi connectivity index (χ1n) is 9.17. The molecule has 1 amide bonds. The van der Waals surface area contributed by atoms with Gasteiger partial charge in [-0.15, -0.1) is 0 Å². The molecule has 5 rings (SSSR count). The molecule has 0 bridgehead atoms. The van der Waals surface area contributed by atoms with E-state index in [0.717, 1.165) is 43.7 Å². The normalized spacial score (nSPS) is 19.8. The van der Waals surface area contributed by atoms with Gasteiger partial charge in [0.1, 0.15) is 6.04 Å². The van der Waals surface area contributed by atoms with E-state index in [2.05, 4.69) is 10.1 Å². The molecule has 1 aromatic carbocycles. The first-order chi connectivity index (χ1) is 12.8. The van der Waals surface area contributed by atoms with Crippen molar-refractivity contribution in [3.05, 3.63) is 66.1 Å². The monoisotopic (exact) mass is 348 g/mol. The maximum atomic E-state index is 13.0. The van der Waals surface area contributed by atoms with Gasteiger partial charge in [-0.25, -0.2) is 0 Å². The summed E-state index contributed by atoms with van der Waals surface area (Å²) >= 11 is 0. The van der Waals surface area contributed by atoms with Gasteiger partial charge in [0.25, 0.3) is 5.91 Å². The number of hydrogen-bond acceptors (Lipinski definition) is 4. The second kappa shape index (κ2) is 6.12.